The van der Waals surface area contributed by atoms with Gasteiger partial charge in [0.25, 0.3) is 0 Å². The maximum atomic E-state index is 11.1. The molecule has 2 rings (SSSR count). The molecule has 0 spiro atoms. The van der Waals surface area contributed by atoms with Crippen LogP contribution in [0.15, 0.2) is 30.3 Å². The van der Waals surface area contributed by atoms with Gasteiger partial charge in [0.05, 0.1) is 18.8 Å². The SMILES string of the molecule is CC(=O)O[C@H]1C(O)[C@@H](OCc2ccccc2)C(C)O[C@H]1C. The topological polar surface area (TPSA) is 65.0 Å². The average Bonchev–Trinajstić information content (AvgIpc) is 2.44. The smallest absolute Gasteiger partial charge is 0.303 e. The largest absolute Gasteiger partial charge is 0.457 e. The van der Waals surface area contributed by atoms with Crippen molar-refractivity contribution in [1.82, 2.24) is 0 Å². The Labute approximate surface area is 124 Å². The summed E-state index contributed by atoms with van der Waals surface area (Å²) in [6.45, 7) is 5.31. The molecule has 0 amide bonds. The van der Waals surface area contributed by atoms with E-state index in [4.69, 9.17) is 14.2 Å². The van der Waals surface area contributed by atoms with Crippen molar-refractivity contribution in [3.63, 3.8) is 0 Å². The Morgan fingerprint density at radius 2 is 1.81 bits per heavy atom. The molecule has 5 heteroatoms. The molecule has 1 aromatic rings. The summed E-state index contributed by atoms with van der Waals surface area (Å²) in [5.74, 6) is -0.439. The molecule has 1 aromatic carbocycles. The van der Waals surface area contributed by atoms with Gasteiger partial charge in [-0.15, -0.1) is 0 Å². The number of aliphatic hydroxyl groups is 1. The molecule has 1 fully saturated rings. The van der Waals surface area contributed by atoms with Crippen LogP contribution in [0.3, 0.4) is 0 Å². The van der Waals surface area contributed by atoms with Crippen molar-refractivity contribution >= 4 is 5.97 Å². The van der Waals surface area contributed by atoms with Crippen LogP contribution >= 0.6 is 0 Å². The van der Waals surface area contributed by atoms with Crippen molar-refractivity contribution in [2.24, 2.45) is 0 Å². The van der Waals surface area contributed by atoms with Crippen molar-refractivity contribution in [3.05, 3.63) is 35.9 Å². The zero-order chi connectivity index (χ0) is 15.4. The first-order valence-electron chi connectivity index (χ1n) is 7.15. The van der Waals surface area contributed by atoms with Gasteiger partial charge in [0.15, 0.2) is 6.10 Å². The summed E-state index contributed by atoms with van der Waals surface area (Å²) < 4.78 is 16.6. The van der Waals surface area contributed by atoms with Crippen LogP contribution < -0.4 is 0 Å². The summed E-state index contributed by atoms with van der Waals surface area (Å²) in [6.07, 6.45) is -2.79. The van der Waals surface area contributed by atoms with Gasteiger partial charge in [-0.05, 0) is 19.4 Å². The Morgan fingerprint density at radius 3 is 2.43 bits per heavy atom. The monoisotopic (exact) mass is 294 g/mol. The van der Waals surface area contributed by atoms with Crippen LogP contribution in [0.25, 0.3) is 0 Å². The molecule has 116 valence electrons. The maximum absolute atomic E-state index is 11.1. The number of aliphatic hydroxyl groups excluding tert-OH is 1. The number of hydrogen-bond acceptors (Lipinski definition) is 5. The number of carbonyl (C=O) groups excluding carboxylic acids is 1. The summed E-state index contributed by atoms with van der Waals surface area (Å²) in [5.41, 5.74) is 1.01. The highest BCUT2D eigenvalue weighted by atomic mass is 16.6. The average molecular weight is 294 g/mol. The molecule has 0 aromatic heterocycles. The van der Waals surface area contributed by atoms with Gasteiger partial charge in [-0.2, -0.15) is 0 Å². The third kappa shape index (κ3) is 4.03. The Kier molecular flexibility index (Phi) is 5.33. The van der Waals surface area contributed by atoms with E-state index in [1.807, 2.05) is 37.3 Å². The van der Waals surface area contributed by atoms with Gasteiger partial charge in [0.2, 0.25) is 0 Å². The highest BCUT2D eigenvalue weighted by molar-refractivity contribution is 5.66. The molecular weight excluding hydrogens is 272 g/mol. The van der Waals surface area contributed by atoms with Crippen LogP contribution in [0.4, 0.5) is 0 Å². The molecule has 5 nitrogen and oxygen atoms in total. The Balaban J connectivity index is 2.01. The second-order valence-electron chi connectivity index (χ2n) is 5.37. The quantitative estimate of drug-likeness (QED) is 0.856. The van der Waals surface area contributed by atoms with Gasteiger partial charge in [0, 0.05) is 6.92 Å². The van der Waals surface area contributed by atoms with Crippen molar-refractivity contribution in [2.45, 2.75) is 57.9 Å². The number of rotatable bonds is 4. The van der Waals surface area contributed by atoms with Crippen LogP contribution in [0, 0.1) is 0 Å². The van der Waals surface area contributed by atoms with Gasteiger partial charge in [-0.1, -0.05) is 30.3 Å². The second kappa shape index (κ2) is 7.02. The van der Waals surface area contributed by atoms with E-state index in [9.17, 15) is 9.90 Å². The fourth-order valence-electron chi connectivity index (χ4n) is 2.59. The maximum Gasteiger partial charge on any atom is 0.303 e. The van der Waals surface area contributed by atoms with E-state index in [0.717, 1.165) is 5.56 Å². The molecule has 0 saturated carbocycles. The van der Waals surface area contributed by atoms with Crippen LogP contribution in [-0.4, -0.2) is 41.6 Å². The van der Waals surface area contributed by atoms with E-state index in [1.165, 1.54) is 6.92 Å². The molecule has 1 saturated heterocycles. The lowest BCUT2D eigenvalue weighted by molar-refractivity contribution is -0.237. The van der Waals surface area contributed by atoms with Crippen LogP contribution in [-0.2, 0) is 25.6 Å². The number of benzene rings is 1. The highest BCUT2D eigenvalue weighted by Crippen LogP contribution is 2.26. The van der Waals surface area contributed by atoms with Crippen LogP contribution in [0.2, 0.25) is 0 Å². The summed E-state index contributed by atoms with van der Waals surface area (Å²) in [4.78, 5) is 11.1. The predicted octanol–water partition coefficient (Wildman–Crippen LogP) is 1.67. The zero-order valence-electron chi connectivity index (χ0n) is 12.6. The van der Waals surface area contributed by atoms with E-state index >= 15 is 0 Å². The third-order valence-electron chi connectivity index (χ3n) is 3.62. The summed E-state index contributed by atoms with van der Waals surface area (Å²) in [7, 11) is 0. The zero-order valence-corrected chi connectivity index (χ0v) is 12.6. The lowest BCUT2D eigenvalue weighted by Gasteiger charge is -2.41. The van der Waals surface area contributed by atoms with Gasteiger partial charge < -0.3 is 19.3 Å². The molecule has 1 aliphatic rings. The van der Waals surface area contributed by atoms with Crippen LogP contribution in [0.1, 0.15) is 26.3 Å². The fraction of sp³-hybridized carbons (Fsp3) is 0.562. The van der Waals surface area contributed by atoms with Gasteiger partial charge >= 0.3 is 5.97 Å². The standard InChI is InChI=1S/C16H22O5/c1-10-15(19-9-13-7-5-4-6-8-13)14(18)16(11(2)20-10)21-12(3)17/h4-8,10-11,14-16,18H,9H2,1-3H3/t10?,11-,14?,15-,16+/m0/s1. The molecule has 1 aliphatic heterocycles. The van der Waals surface area contributed by atoms with E-state index in [-0.39, 0.29) is 12.2 Å². The molecule has 2 unspecified atom stereocenters. The van der Waals surface area contributed by atoms with Crippen molar-refractivity contribution in [3.8, 4) is 0 Å². The number of hydrogen-bond donors (Lipinski definition) is 1. The minimum absolute atomic E-state index is 0.273. The molecule has 0 aliphatic carbocycles. The molecule has 1 heterocycles. The van der Waals surface area contributed by atoms with Gasteiger partial charge in [-0.25, -0.2) is 0 Å². The molecule has 0 radical (unpaired) electrons. The first-order chi connectivity index (χ1) is 9.99. The molecular formula is C16H22O5. The lowest BCUT2D eigenvalue weighted by Crippen LogP contribution is -2.57. The molecule has 0 bridgehead atoms. The fourth-order valence-corrected chi connectivity index (χ4v) is 2.59. The number of carbonyl (C=O) groups is 1. The summed E-state index contributed by atoms with van der Waals surface area (Å²) in [6, 6.07) is 9.70. The number of esters is 1. The Bertz CT molecular complexity index is 461. The van der Waals surface area contributed by atoms with E-state index in [1.54, 1.807) is 6.92 Å². The van der Waals surface area contributed by atoms with Crippen molar-refractivity contribution in [2.75, 3.05) is 0 Å². The molecule has 21 heavy (non-hydrogen) atoms. The summed E-state index contributed by atoms with van der Waals surface area (Å²) in [5, 5.41) is 10.4. The van der Waals surface area contributed by atoms with Crippen molar-refractivity contribution < 1.29 is 24.1 Å². The first kappa shape index (κ1) is 15.9. The summed E-state index contributed by atoms with van der Waals surface area (Å²) >= 11 is 0. The number of ether oxygens (including phenoxy) is 3. The second-order valence-corrected chi connectivity index (χ2v) is 5.37. The Morgan fingerprint density at radius 1 is 1.19 bits per heavy atom. The van der Waals surface area contributed by atoms with E-state index in [0.29, 0.717) is 6.61 Å². The first-order valence-corrected chi connectivity index (χ1v) is 7.15. The molecule has 1 N–H and O–H groups in total. The van der Waals surface area contributed by atoms with Gasteiger partial charge in [0.1, 0.15) is 12.2 Å². The van der Waals surface area contributed by atoms with Crippen molar-refractivity contribution in [1.29, 1.82) is 0 Å². The molecule has 5 atom stereocenters. The predicted molar refractivity (Wildman–Crippen MR) is 76.6 cm³/mol. The minimum Gasteiger partial charge on any atom is -0.457 e. The lowest BCUT2D eigenvalue weighted by atomic mass is 9.96. The third-order valence-corrected chi connectivity index (χ3v) is 3.62. The Hall–Kier alpha value is -1.43. The normalized spacial score (nSPS) is 32.7. The highest BCUT2D eigenvalue weighted by Gasteiger charge is 2.44. The van der Waals surface area contributed by atoms with E-state index < -0.39 is 24.3 Å². The van der Waals surface area contributed by atoms with E-state index in [2.05, 4.69) is 0 Å². The van der Waals surface area contributed by atoms with Gasteiger partial charge in [-0.3, -0.25) is 4.79 Å². The van der Waals surface area contributed by atoms with Crippen LogP contribution in [0.5, 0.6) is 0 Å². The minimum atomic E-state index is -0.906.